The molecule has 0 bridgehead atoms. The molecule has 29 heavy (non-hydrogen) atoms. The summed E-state index contributed by atoms with van der Waals surface area (Å²) in [5, 5.41) is 13.4. The van der Waals surface area contributed by atoms with Crippen molar-refractivity contribution in [3.8, 4) is 11.5 Å². The maximum absolute atomic E-state index is 12.3. The van der Waals surface area contributed by atoms with Gasteiger partial charge in [0.15, 0.2) is 6.61 Å². The molecule has 0 heterocycles. The molecule has 3 aromatic rings. The number of ether oxygens (including phenoxy) is 2. The highest BCUT2D eigenvalue weighted by molar-refractivity contribution is 5.93. The van der Waals surface area contributed by atoms with Crippen molar-refractivity contribution < 1.29 is 19.2 Å². The summed E-state index contributed by atoms with van der Waals surface area (Å²) < 4.78 is 11.3. The first-order valence-corrected chi connectivity index (χ1v) is 8.96. The zero-order chi connectivity index (χ0) is 20.6. The van der Waals surface area contributed by atoms with E-state index in [2.05, 4.69) is 5.32 Å². The monoisotopic (exact) mass is 392 g/mol. The normalized spacial score (nSPS) is 10.2. The molecule has 0 saturated carbocycles. The Morgan fingerprint density at radius 2 is 1.72 bits per heavy atom. The summed E-state index contributed by atoms with van der Waals surface area (Å²) in [4.78, 5) is 22.4. The van der Waals surface area contributed by atoms with Gasteiger partial charge in [0.25, 0.3) is 11.6 Å². The number of hydrogen-bond donors (Lipinski definition) is 1. The maximum Gasteiger partial charge on any atom is 0.269 e. The topological polar surface area (TPSA) is 90.7 Å². The van der Waals surface area contributed by atoms with Crippen LogP contribution in [-0.4, -0.2) is 17.4 Å². The quantitative estimate of drug-likeness (QED) is 0.450. The van der Waals surface area contributed by atoms with Crippen molar-refractivity contribution in [1.29, 1.82) is 0 Å². The summed E-state index contributed by atoms with van der Waals surface area (Å²) >= 11 is 0. The molecule has 0 radical (unpaired) electrons. The molecule has 0 unspecified atom stereocenters. The third-order valence-corrected chi connectivity index (χ3v) is 4.07. The van der Waals surface area contributed by atoms with Crippen LogP contribution in [0.5, 0.6) is 11.5 Å². The number of aryl methyl sites for hydroxylation is 1. The van der Waals surface area contributed by atoms with Gasteiger partial charge in [-0.15, -0.1) is 0 Å². The van der Waals surface area contributed by atoms with E-state index in [0.29, 0.717) is 23.8 Å². The van der Waals surface area contributed by atoms with E-state index >= 15 is 0 Å². The highest BCUT2D eigenvalue weighted by Crippen LogP contribution is 2.27. The van der Waals surface area contributed by atoms with E-state index in [1.54, 1.807) is 6.07 Å². The molecule has 7 nitrogen and oxygen atoms in total. The Kier molecular flexibility index (Phi) is 6.42. The molecule has 0 saturated heterocycles. The van der Waals surface area contributed by atoms with Gasteiger partial charge in [-0.25, -0.2) is 0 Å². The van der Waals surface area contributed by atoms with Crippen molar-refractivity contribution in [3.63, 3.8) is 0 Å². The molecule has 0 aliphatic carbocycles. The summed E-state index contributed by atoms with van der Waals surface area (Å²) in [6.07, 6.45) is 0. The number of hydrogen-bond acceptors (Lipinski definition) is 5. The predicted octanol–water partition coefficient (Wildman–Crippen LogP) is 4.50. The number of nitrogens with one attached hydrogen (secondary N) is 1. The molecule has 0 fully saturated rings. The average Bonchev–Trinajstić information content (AvgIpc) is 2.73. The van der Waals surface area contributed by atoms with E-state index in [1.807, 2.05) is 49.4 Å². The molecule has 1 N–H and O–H groups in total. The largest absolute Gasteiger partial charge is 0.487 e. The first-order chi connectivity index (χ1) is 14.0. The maximum atomic E-state index is 12.3. The zero-order valence-corrected chi connectivity index (χ0v) is 15.8. The molecule has 0 aliphatic rings. The molecule has 148 valence electrons. The van der Waals surface area contributed by atoms with Gasteiger partial charge in [0.05, 0.1) is 10.6 Å². The van der Waals surface area contributed by atoms with Crippen LogP contribution < -0.4 is 14.8 Å². The SMILES string of the molecule is Cc1ccc(NC(=O)COc2ccc([N+](=O)[O-])cc2)c(OCc2ccccc2)c1. The Labute approximate surface area is 168 Å². The number of carbonyl (C=O) groups is 1. The van der Waals surface area contributed by atoms with E-state index in [9.17, 15) is 14.9 Å². The minimum atomic E-state index is -0.495. The Balaban J connectivity index is 1.59. The van der Waals surface area contributed by atoms with Gasteiger partial charge in [0, 0.05) is 12.1 Å². The van der Waals surface area contributed by atoms with Crippen molar-refractivity contribution in [2.45, 2.75) is 13.5 Å². The van der Waals surface area contributed by atoms with E-state index < -0.39 is 4.92 Å². The molecular formula is C22H20N2O5. The second-order valence-corrected chi connectivity index (χ2v) is 6.36. The number of nitrogens with zero attached hydrogens (tertiary/aromatic N) is 1. The van der Waals surface area contributed by atoms with Crippen molar-refractivity contribution in [1.82, 2.24) is 0 Å². The van der Waals surface area contributed by atoms with Crippen molar-refractivity contribution in [2.75, 3.05) is 11.9 Å². The van der Waals surface area contributed by atoms with Gasteiger partial charge in [-0.05, 0) is 42.3 Å². The van der Waals surface area contributed by atoms with Gasteiger partial charge in [-0.3, -0.25) is 14.9 Å². The number of rotatable bonds is 8. The minimum absolute atomic E-state index is 0.0401. The van der Waals surface area contributed by atoms with Crippen molar-refractivity contribution >= 4 is 17.3 Å². The van der Waals surface area contributed by atoms with Gasteiger partial charge >= 0.3 is 0 Å². The standard InChI is InChI=1S/C22H20N2O5/c1-16-7-12-20(21(13-16)29-14-17-5-3-2-4-6-17)23-22(25)15-28-19-10-8-18(9-11-19)24(26)27/h2-13H,14-15H2,1H3,(H,23,25). The lowest BCUT2D eigenvalue weighted by atomic mass is 10.2. The Bertz CT molecular complexity index is 988. The summed E-state index contributed by atoms with van der Waals surface area (Å²) in [6, 6.07) is 20.8. The average molecular weight is 392 g/mol. The number of benzene rings is 3. The lowest BCUT2D eigenvalue weighted by molar-refractivity contribution is -0.384. The smallest absolute Gasteiger partial charge is 0.269 e. The van der Waals surface area contributed by atoms with Crippen LogP contribution >= 0.6 is 0 Å². The van der Waals surface area contributed by atoms with E-state index in [1.165, 1.54) is 24.3 Å². The van der Waals surface area contributed by atoms with Crippen LogP contribution in [0, 0.1) is 17.0 Å². The summed E-state index contributed by atoms with van der Waals surface area (Å²) in [5.41, 5.74) is 2.53. The number of anilines is 1. The summed E-state index contributed by atoms with van der Waals surface area (Å²) in [5.74, 6) is 0.574. The molecule has 1 amide bonds. The summed E-state index contributed by atoms with van der Waals surface area (Å²) in [7, 11) is 0. The number of nitro groups is 1. The predicted molar refractivity (Wildman–Crippen MR) is 109 cm³/mol. The minimum Gasteiger partial charge on any atom is -0.487 e. The Hall–Kier alpha value is -3.87. The van der Waals surface area contributed by atoms with Crippen LogP contribution in [0.25, 0.3) is 0 Å². The van der Waals surface area contributed by atoms with Crippen molar-refractivity contribution in [2.24, 2.45) is 0 Å². The van der Waals surface area contributed by atoms with Crippen LogP contribution in [0.2, 0.25) is 0 Å². The molecule has 0 spiro atoms. The number of carbonyl (C=O) groups excluding carboxylic acids is 1. The molecular weight excluding hydrogens is 372 g/mol. The molecule has 3 aromatic carbocycles. The lowest BCUT2D eigenvalue weighted by Crippen LogP contribution is -2.20. The Morgan fingerprint density at radius 3 is 2.41 bits per heavy atom. The van der Waals surface area contributed by atoms with Crippen LogP contribution in [0.4, 0.5) is 11.4 Å². The second kappa shape index (κ2) is 9.36. The van der Waals surface area contributed by atoms with Gasteiger partial charge in [-0.1, -0.05) is 36.4 Å². The molecule has 0 atom stereocenters. The first-order valence-electron chi connectivity index (χ1n) is 8.96. The van der Waals surface area contributed by atoms with Gasteiger partial charge in [-0.2, -0.15) is 0 Å². The third-order valence-electron chi connectivity index (χ3n) is 4.07. The highest BCUT2D eigenvalue weighted by atomic mass is 16.6. The Morgan fingerprint density at radius 1 is 1.00 bits per heavy atom. The van der Waals surface area contributed by atoms with Crippen LogP contribution in [0.3, 0.4) is 0 Å². The molecule has 0 aliphatic heterocycles. The van der Waals surface area contributed by atoms with Crippen LogP contribution in [0.15, 0.2) is 72.8 Å². The lowest BCUT2D eigenvalue weighted by Gasteiger charge is -2.14. The number of nitro benzene ring substituents is 1. The fourth-order valence-electron chi connectivity index (χ4n) is 2.59. The number of amides is 1. The second-order valence-electron chi connectivity index (χ2n) is 6.36. The van der Waals surface area contributed by atoms with E-state index in [4.69, 9.17) is 9.47 Å². The van der Waals surface area contributed by atoms with Gasteiger partial charge in [0.2, 0.25) is 0 Å². The third kappa shape index (κ3) is 5.80. The fraction of sp³-hybridized carbons (Fsp3) is 0.136. The first kappa shape index (κ1) is 19.9. The molecule has 0 aromatic heterocycles. The van der Waals surface area contributed by atoms with Crippen molar-refractivity contribution in [3.05, 3.63) is 94.0 Å². The fourth-order valence-corrected chi connectivity index (χ4v) is 2.59. The molecule has 3 rings (SSSR count). The van der Waals surface area contributed by atoms with E-state index in [0.717, 1.165) is 11.1 Å². The zero-order valence-electron chi connectivity index (χ0n) is 15.8. The highest BCUT2D eigenvalue weighted by Gasteiger charge is 2.11. The van der Waals surface area contributed by atoms with Gasteiger partial charge in [0.1, 0.15) is 18.1 Å². The van der Waals surface area contributed by atoms with Crippen LogP contribution in [-0.2, 0) is 11.4 Å². The van der Waals surface area contributed by atoms with E-state index in [-0.39, 0.29) is 18.2 Å². The number of non-ortho nitro benzene ring substituents is 1. The molecule has 7 heteroatoms. The van der Waals surface area contributed by atoms with Crippen LogP contribution in [0.1, 0.15) is 11.1 Å². The van der Waals surface area contributed by atoms with Gasteiger partial charge < -0.3 is 14.8 Å². The summed E-state index contributed by atoms with van der Waals surface area (Å²) in [6.45, 7) is 2.09.